The maximum Gasteiger partial charge on any atom is 0.293 e. The molecule has 13 heteroatoms. The summed E-state index contributed by atoms with van der Waals surface area (Å²) in [5.41, 5.74) is 0.368. The average Bonchev–Trinajstić information content (AvgIpc) is 3.31. The fraction of sp³-hybridized carbons (Fsp3) is 0.105. The molecule has 162 valence electrons. The number of anilines is 1. The summed E-state index contributed by atoms with van der Waals surface area (Å²) in [5.74, 6) is 0.654. The van der Waals surface area contributed by atoms with Crippen LogP contribution in [0.25, 0.3) is 22.3 Å². The van der Waals surface area contributed by atoms with Gasteiger partial charge in [0.05, 0.1) is 30.6 Å². The molecule has 0 aliphatic heterocycles. The van der Waals surface area contributed by atoms with Gasteiger partial charge >= 0.3 is 0 Å². The number of methoxy groups -OCH3 is 1. The minimum atomic E-state index is -3.89. The normalized spacial score (nSPS) is 11.7. The lowest BCUT2D eigenvalue weighted by Crippen LogP contribution is -2.16. The summed E-state index contributed by atoms with van der Waals surface area (Å²) in [5, 5.41) is 19.2. The van der Waals surface area contributed by atoms with Gasteiger partial charge in [-0.2, -0.15) is 5.26 Å². The molecule has 11 nitrogen and oxygen atoms in total. The zero-order valence-corrected chi connectivity index (χ0v) is 18.4. The molecule has 4 rings (SSSR count). The molecule has 0 unspecified atom stereocenters. The van der Waals surface area contributed by atoms with Crippen LogP contribution in [-0.4, -0.2) is 39.9 Å². The lowest BCUT2D eigenvalue weighted by Gasteiger charge is -2.05. The van der Waals surface area contributed by atoms with Crippen molar-refractivity contribution < 1.29 is 13.2 Å². The highest BCUT2D eigenvalue weighted by Crippen LogP contribution is 2.25. The van der Waals surface area contributed by atoms with Crippen molar-refractivity contribution in [1.82, 2.24) is 24.4 Å². The van der Waals surface area contributed by atoms with Gasteiger partial charge in [-0.25, -0.2) is 17.9 Å². The zero-order chi connectivity index (χ0) is 22.9. The third-order valence-electron chi connectivity index (χ3n) is 4.30. The predicted molar refractivity (Wildman–Crippen MR) is 119 cm³/mol. The number of nitrogens with one attached hydrogen (secondary N) is 1. The molecule has 0 radical (unpaired) electrons. The monoisotopic (exact) mass is 469 g/mol. The number of nitrogens with zero attached hydrogens (tertiary/aromatic N) is 6. The first-order chi connectivity index (χ1) is 15.3. The molecule has 0 bridgehead atoms. The highest BCUT2D eigenvalue weighted by Gasteiger charge is 2.21. The van der Waals surface area contributed by atoms with Crippen molar-refractivity contribution in [1.29, 1.82) is 5.26 Å². The molecule has 0 aliphatic carbocycles. The molecular weight excluding hydrogens is 454 g/mol. The number of nitriles is 1. The third kappa shape index (κ3) is 4.09. The number of aryl methyl sites for hydroxylation is 1. The van der Waals surface area contributed by atoms with E-state index < -0.39 is 15.6 Å². The van der Waals surface area contributed by atoms with E-state index in [1.165, 1.54) is 34.3 Å². The number of aromatic nitrogens is 5. The number of sulfonamides is 1. The molecular formula is C19H15N7O4S2. The molecule has 0 spiro atoms. The van der Waals surface area contributed by atoms with Gasteiger partial charge < -0.3 is 4.74 Å². The Morgan fingerprint density at radius 1 is 1.25 bits per heavy atom. The van der Waals surface area contributed by atoms with E-state index in [1.54, 1.807) is 44.5 Å². The molecule has 3 heterocycles. The quantitative estimate of drug-likeness (QED) is 0.452. The Hall–Kier alpha value is -4.02. The van der Waals surface area contributed by atoms with Gasteiger partial charge in [0.25, 0.3) is 15.6 Å². The Bertz CT molecular complexity index is 1540. The van der Waals surface area contributed by atoms with Crippen LogP contribution in [0.15, 0.2) is 46.9 Å². The Morgan fingerprint density at radius 3 is 2.62 bits per heavy atom. The van der Waals surface area contributed by atoms with Crippen LogP contribution in [0.2, 0.25) is 0 Å². The Labute approximate surface area is 185 Å². The second-order valence-electron chi connectivity index (χ2n) is 6.45. The van der Waals surface area contributed by atoms with E-state index in [0.29, 0.717) is 21.3 Å². The fourth-order valence-electron chi connectivity index (χ4n) is 2.86. The van der Waals surface area contributed by atoms with Gasteiger partial charge in [-0.05, 0) is 30.7 Å². The number of hydrogen-bond acceptors (Lipinski definition) is 9. The molecule has 0 saturated heterocycles. The van der Waals surface area contributed by atoms with Crippen molar-refractivity contribution in [3.8, 4) is 22.5 Å². The first-order valence-electron chi connectivity index (χ1n) is 9.00. The lowest BCUT2D eigenvalue weighted by molar-refractivity contribution is 0.415. The van der Waals surface area contributed by atoms with Crippen LogP contribution in [0.1, 0.15) is 10.6 Å². The van der Waals surface area contributed by atoms with E-state index >= 15 is 0 Å². The first kappa shape index (κ1) is 21.2. The second kappa shape index (κ2) is 8.25. The van der Waals surface area contributed by atoms with E-state index in [-0.39, 0.29) is 16.9 Å². The third-order valence-corrected chi connectivity index (χ3v) is 6.17. The molecule has 4 aromatic rings. The van der Waals surface area contributed by atoms with Gasteiger partial charge in [0, 0.05) is 0 Å². The van der Waals surface area contributed by atoms with Crippen molar-refractivity contribution >= 4 is 38.8 Å². The Kier molecular flexibility index (Phi) is 5.47. The minimum absolute atomic E-state index is 0.0656. The number of hydrogen-bond donors (Lipinski definition) is 1. The largest absolute Gasteiger partial charge is 0.497 e. The summed E-state index contributed by atoms with van der Waals surface area (Å²) in [6.07, 6.45) is 5.74. The van der Waals surface area contributed by atoms with E-state index in [4.69, 9.17) is 4.74 Å². The van der Waals surface area contributed by atoms with Crippen LogP contribution in [0.3, 0.4) is 0 Å². The van der Waals surface area contributed by atoms with E-state index in [9.17, 15) is 18.5 Å². The fourth-order valence-corrected chi connectivity index (χ4v) is 4.42. The highest BCUT2D eigenvalue weighted by molar-refractivity contribution is 7.95. The first-order valence-corrected chi connectivity index (χ1v) is 11.4. The summed E-state index contributed by atoms with van der Waals surface area (Å²) in [7, 11) is -2.35. The second-order valence-corrected chi connectivity index (χ2v) is 9.20. The number of ether oxygens (including phenoxy) is 1. The van der Waals surface area contributed by atoms with E-state index in [2.05, 4.69) is 19.9 Å². The molecule has 3 aromatic heterocycles. The van der Waals surface area contributed by atoms with Crippen LogP contribution < -0.4 is 15.0 Å². The molecule has 32 heavy (non-hydrogen) atoms. The van der Waals surface area contributed by atoms with E-state index in [0.717, 1.165) is 10.1 Å². The van der Waals surface area contributed by atoms with Gasteiger partial charge in [-0.3, -0.25) is 9.52 Å². The van der Waals surface area contributed by atoms with Crippen LogP contribution in [0.4, 0.5) is 5.69 Å². The number of fused-ring (bicyclic) bond motifs is 1. The molecule has 1 aromatic carbocycles. The molecule has 0 amide bonds. The standard InChI is InChI=1S/C19H15N7O4S2/c1-12-22-23-18(31-12)16-17-21-9-14(10-25(17)26(11-20)19(16)27)24-32(28,29)8-7-13-3-5-15(30-2)6-4-13/h3-10,24H,1-2H3. The number of benzene rings is 1. The van der Waals surface area contributed by atoms with Gasteiger partial charge in [0.1, 0.15) is 16.3 Å². The molecule has 0 fully saturated rings. The average molecular weight is 470 g/mol. The van der Waals surface area contributed by atoms with Crippen LogP contribution in [0.5, 0.6) is 5.75 Å². The molecule has 0 saturated carbocycles. The SMILES string of the molecule is COc1ccc(C=CS(=O)(=O)Nc2cnc3c(-c4nnc(C)s4)c(=O)n(C#N)n3c2)cc1. The van der Waals surface area contributed by atoms with Crippen molar-refractivity contribution in [2.45, 2.75) is 6.92 Å². The van der Waals surface area contributed by atoms with Crippen LogP contribution >= 0.6 is 11.3 Å². The van der Waals surface area contributed by atoms with Crippen molar-refractivity contribution in [3.63, 3.8) is 0 Å². The van der Waals surface area contributed by atoms with E-state index in [1.807, 2.05) is 0 Å². The zero-order valence-electron chi connectivity index (χ0n) is 16.8. The Morgan fingerprint density at radius 2 is 2.00 bits per heavy atom. The molecule has 1 N–H and O–H groups in total. The maximum absolute atomic E-state index is 12.7. The number of rotatable bonds is 6. The molecule has 0 atom stereocenters. The van der Waals surface area contributed by atoms with Crippen LogP contribution in [0, 0.1) is 18.4 Å². The van der Waals surface area contributed by atoms with Crippen molar-refractivity contribution in [2.24, 2.45) is 0 Å². The predicted octanol–water partition coefficient (Wildman–Crippen LogP) is 2.07. The summed E-state index contributed by atoms with van der Waals surface area (Å²) >= 11 is 1.19. The van der Waals surface area contributed by atoms with Gasteiger partial charge in [0.2, 0.25) is 6.19 Å². The lowest BCUT2D eigenvalue weighted by atomic mass is 10.2. The van der Waals surface area contributed by atoms with Gasteiger partial charge in [0.15, 0.2) is 10.7 Å². The summed E-state index contributed by atoms with van der Waals surface area (Å²) in [6.45, 7) is 1.74. The van der Waals surface area contributed by atoms with Crippen molar-refractivity contribution in [3.05, 3.63) is 63.0 Å². The smallest absolute Gasteiger partial charge is 0.293 e. The summed E-state index contributed by atoms with van der Waals surface area (Å²) in [4.78, 5) is 16.9. The summed E-state index contributed by atoms with van der Waals surface area (Å²) < 4.78 is 34.3. The molecule has 0 aliphatic rings. The van der Waals surface area contributed by atoms with Gasteiger partial charge in [-0.15, -0.1) is 14.9 Å². The van der Waals surface area contributed by atoms with Crippen molar-refractivity contribution in [2.75, 3.05) is 11.8 Å². The maximum atomic E-state index is 12.7. The van der Waals surface area contributed by atoms with Crippen LogP contribution in [-0.2, 0) is 10.0 Å². The minimum Gasteiger partial charge on any atom is -0.497 e. The Balaban J connectivity index is 1.67. The highest BCUT2D eigenvalue weighted by atomic mass is 32.2. The topological polar surface area (TPSA) is 144 Å². The summed E-state index contributed by atoms with van der Waals surface area (Å²) in [6, 6.07) is 6.84. The van der Waals surface area contributed by atoms with Gasteiger partial charge in [-0.1, -0.05) is 23.5 Å².